The molecule has 1 aromatic carbocycles. The van der Waals surface area contributed by atoms with Gasteiger partial charge in [-0.15, -0.1) is 0 Å². The molecule has 0 bridgehead atoms. The van der Waals surface area contributed by atoms with Crippen LogP contribution in [0.2, 0.25) is 0 Å². The van der Waals surface area contributed by atoms with Crippen molar-refractivity contribution in [1.82, 2.24) is 20.1 Å². The van der Waals surface area contributed by atoms with E-state index in [0.717, 1.165) is 16.8 Å². The van der Waals surface area contributed by atoms with E-state index in [9.17, 15) is 4.79 Å². The third kappa shape index (κ3) is 5.17. The van der Waals surface area contributed by atoms with E-state index in [2.05, 4.69) is 29.2 Å². The summed E-state index contributed by atoms with van der Waals surface area (Å²) in [5, 5.41) is 6.98. The summed E-state index contributed by atoms with van der Waals surface area (Å²) < 4.78 is 7.27. The first-order chi connectivity index (χ1) is 13.0. The number of rotatable bonds is 7. The van der Waals surface area contributed by atoms with Crippen molar-refractivity contribution in [2.24, 2.45) is 7.05 Å². The van der Waals surface area contributed by atoms with Crippen LogP contribution in [0.4, 0.5) is 0 Å². The molecule has 140 valence electrons. The van der Waals surface area contributed by atoms with Crippen LogP contribution in [-0.4, -0.2) is 27.3 Å². The summed E-state index contributed by atoms with van der Waals surface area (Å²) in [6.45, 7) is 4.68. The zero-order valence-corrected chi connectivity index (χ0v) is 15.8. The number of nitrogens with one attached hydrogen (secondary N) is 1. The molecule has 0 radical (unpaired) electrons. The molecule has 1 amide bonds. The highest BCUT2D eigenvalue weighted by Gasteiger charge is 2.06. The molecule has 0 aliphatic rings. The third-order valence-corrected chi connectivity index (χ3v) is 4.23. The first kappa shape index (κ1) is 18.6. The molecule has 0 atom stereocenters. The summed E-state index contributed by atoms with van der Waals surface area (Å²) in [5.74, 6) is 0.997. The van der Waals surface area contributed by atoms with Gasteiger partial charge >= 0.3 is 0 Å². The fourth-order valence-corrected chi connectivity index (χ4v) is 2.60. The van der Waals surface area contributed by atoms with Crippen LogP contribution in [-0.2, 0) is 18.4 Å². The average molecular weight is 364 g/mol. The van der Waals surface area contributed by atoms with Gasteiger partial charge in [-0.25, -0.2) is 0 Å². The maximum Gasteiger partial charge on any atom is 0.258 e. The standard InChI is InChI=1S/C21H24N4O2/c1-15(2)17-5-7-19(8-6-17)27-14-21(26)23-11-16-4-9-20(22-10-16)18-12-24-25(3)13-18/h4-10,12-13,15H,11,14H2,1-3H3,(H,23,26). The molecule has 2 heterocycles. The lowest BCUT2D eigenvalue weighted by Crippen LogP contribution is -2.28. The normalized spacial score (nSPS) is 10.8. The highest BCUT2D eigenvalue weighted by atomic mass is 16.5. The first-order valence-electron chi connectivity index (χ1n) is 8.94. The lowest BCUT2D eigenvalue weighted by atomic mass is 10.0. The lowest BCUT2D eigenvalue weighted by Gasteiger charge is -2.09. The van der Waals surface area contributed by atoms with Crippen LogP contribution in [0.5, 0.6) is 5.75 Å². The van der Waals surface area contributed by atoms with Crippen molar-refractivity contribution in [2.45, 2.75) is 26.3 Å². The van der Waals surface area contributed by atoms with Gasteiger partial charge in [0, 0.05) is 31.5 Å². The number of nitrogens with zero attached hydrogens (tertiary/aromatic N) is 3. The molecule has 6 nitrogen and oxygen atoms in total. The summed E-state index contributed by atoms with van der Waals surface area (Å²) in [7, 11) is 1.87. The van der Waals surface area contributed by atoms with E-state index in [4.69, 9.17) is 4.74 Å². The number of ether oxygens (including phenoxy) is 1. The van der Waals surface area contributed by atoms with Gasteiger partial charge in [0.25, 0.3) is 5.91 Å². The van der Waals surface area contributed by atoms with E-state index in [-0.39, 0.29) is 12.5 Å². The van der Waals surface area contributed by atoms with Crippen molar-refractivity contribution in [2.75, 3.05) is 6.61 Å². The van der Waals surface area contributed by atoms with E-state index in [1.807, 2.05) is 49.6 Å². The maximum absolute atomic E-state index is 12.0. The highest BCUT2D eigenvalue weighted by Crippen LogP contribution is 2.18. The SMILES string of the molecule is CC(C)c1ccc(OCC(=O)NCc2ccc(-c3cnn(C)c3)nc2)cc1. The average Bonchev–Trinajstić information content (AvgIpc) is 3.12. The Labute approximate surface area is 159 Å². The van der Waals surface area contributed by atoms with Gasteiger partial charge in [0.05, 0.1) is 11.9 Å². The van der Waals surface area contributed by atoms with Crippen LogP contribution in [0, 0.1) is 0 Å². The molecule has 0 unspecified atom stereocenters. The lowest BCUT2D eigenvalue weighted by molar-refractivity contribution is -0.123. The Hall–Kier alpha value is -3.15. The van der Waals surface area contributed by atoms with Gasteiger partial charge in [0.15, 0.2) is 6.61 Å². The van der Waals surface area contributed by atoms with Crippen LogP contribution in [0.1, 0.15) is 30.9 Å². The Kier molecular flexibility index (Phi) is 5.86. The van der Waals surface area contributed by atoms with Crippen molar-refractivity contribution in [3.8, 4) is 17.0 Å². The van der Waals surface area contributed by atoms with Crippen LogP contribution < -0.4 is 10.1 Å². The van der Waals surface area contributed by atoms with Crippen molar-refractivity contribution in [3.63, 3.8) is 0 Å². The number of amides is 1. The second kappa shape index (κ2) is 8.49. The maximum atomic E-state index is 12.0. The van der Waals surface area contributed by atoms with E-state index in [1.54, 1.807) is 17.1 Å². The van der Waals surface area contributed by atoms with Crippen LogP contribution in [0.15, 0.2) is 55.0 Å². The number of hydrogen-bond donors (Lipinski definition) is 1. The van der Waals surface area contributed by atoms with Crippen molar-refractivity contribution in [1.29, 1.82) is 0 Å². The number of hydrogen-bond acceptors (Lipinski definition) is 4. The molecule has 3 aromatic rings. The number of aromatic nitrogens is 3. The smallest absolute Gasteiger partial charge is 0.258 e. The Morgan fingerprint density at radius 3 is 2.52 bits per heavy atom. The van der Waals surface area contributed by atoms with Crippen LogP contribution >= 0.6 is 0 Å². The van der Waals surface area contributed by atoms with E-state index in [0.29, 0.717) is 18.2 Å². The quantitative estimate of drug-likeness (QED) is 0.698. The van der Waals surface area contributed by atoms with Gasteiger partial charge < -0.3 is 10.1 Å². The predicted octanol–water partition coefficient (Wildman–Crippen LogP) is 3.30. The molecule has 0 fully saturated rings. The van der Waals surface area contributed by atoms with Gasteiger partial charge in [-0.3, -0.25) is 14.5 Å². The van der Waals surface area contributed by atoms with Gasteiger partial charge in [-0.2, -0.15) is 5.10 Å². The van der Waals surface area contributed by atoms with Crippen molar-refractivity contribution < 1.29 is 9.53 Å². The topological polar surface area (TPSA) is 69.0 Å². The zero-order valence-electron chi connectivity index (χ0n) is 15.8. The molecule has 6 heteroatoms. The van der Waals surface area contributed by atoms with Crippen LogP contribution in [0.25, 0.3) is 11.3 Å². The molecular weight excluding hydrogens is 340 g/mol. The van der Waals surface area contributed by atoms with E-state index < -0.39 is 0 Å². The summed E-state index contributed by atoms with van der Waals surface area (Å²) in [6.07, 6.45) is 5.44. The molecule has 2 aromatic heterocycles. The Balaban J connectivity index is 1.46. The largest absolute Gasteiger partial charge is 0.484 e. The molecule has 3 rings (SSSR count). The van der Waals surface area contributed by atoms with Gasteiger partial charge in [0.1, 0.15) is 5.75 Å². The van der Waals surface area contributed by atoms with Gasteiger partial charge in [0.2, 0.25) is 0 Å². The molecule has 1 N–H and O–H groups in total. The molecule has 0 aliphatic carbocycles. The summed E-state index contributed by atoms with van der Waals surface area (Å²) in [5.41, 5.74) is 3.99. The highest BCUT2D eigenvalue weighted by molar-refractivity contribution is 5.77. The number of carbonyl (C=O) groups excluding carboxylic acids is 1. The van der Waals surface area contributed by atoms with Gasteiger partial charge in [-0.1, -0.05) is 32.0 Å². The Morgan fingerprint density at radius 1 is 1.15 bits per heavy atom. The van der Waals surface area contributed by atoms with Crippen LogP contribution in [0.3, 0.4) is 0 Å². The van der Waals surface area contributed by atoms with E-state index in [1.165, 1.54) is 5.56 Å². The molecular formula is C21H24N4O2. The molecule has 0 aliphatic heterocycles. The molecule has 27 heavy (non-hydrogen) atoms. The number of pyridine rings is 1. The van der Waals surface area contributed by atoms with E-state index >= 15 is 0 Å². The summed E-state index contributed by atoms with van der Waals surface area (Å²) in [4.78, 5) is 16.4. The Morgan fingerprint density at radius 2 is 1.93 bits per heavy atom. The zero-order chi connectivity index (χ0) is 19.2. The predicted molar refractivity (Wildman–Crippen MR) is 104 cm³/mol. The molecule has 0 saturated carbocycles. The van der Waals surface area contributed by atoms with Crippen molar-refractivity contribution >= 4 is 5.91 Å². The second-order valence-electron chi connectivity index (χ2n) is 6.74. The minimum absolute atomic E-state index is 0.0117. The number of carbonyl (C=O) groups is 1. The fourth-order valence-electron chi connectivity index (χ4n) is 2.60. The first-order valence-corrected chi connectivity index (χ1v) is 8.94. The Bertz CT molecular complexity index is 883. The summed E-state index contributed by atoms with van der Waals surface area (Å²) >= 11 is 0. The third-order valence-electron chi connectivity index (χ3n) is 4.23. The minimum Gasteiger partial charge on any atom is -0.484 e. The molecule has 0 spiro atoms. The second-order valence-corrected chi connectivity index (χ2v) is 6.74. The number of aryl methyl sites for hydroxylation is 1. The summed E-state index contributed by atoms with van der Waals surface area (Å²) in [6, 6.07) is 11.7. The fraction of sp³-hybridized carbons (Fsp3) is 0.286. The molecule has 0 saturated heterocycles. The minimum atomic E-state index is -0.167. The monoisotopic (exact) mass is 364 g/mol. The van der Waals surface area contributed by atoms with Gasteiger partial charge in [-0.05, 0) is 35.2 Å². The number of benzene rings is 1. The van der Waals surface area contributed by atoms with Crippen molar-refractivity contribution in [3.05, 3.63) is 66.1 Å².